The number of hydrogen-bond donors (Lipinski definition) is 2. The molecule has 0 radical (unpaired) electrons. The van der Waals surface area contributed by atoms with Crippen molar-refractivity contribution < 1.29 is 9.18 Å². The van der Waals surface area contributed by atoms with Crippen LogP contribution in [0.5, 0.6) is 0 Å². The largest absolute Gasteiger partial charge is 0.383 e. The van der Waals surface area contributed by atoms with Gasteiger partial charge in [0.25, 0.3) is 5.91 Å². The predicted molar refractivity (Wildman–Crippen MR) is 74.1 cm³/mol. The third kappa shape index (κ3) is 4.19. The average molecular weight is 267 g/mol. The van der Waals surface area contributed by atoms with Crippen LogP contribution >= 0.6 is 0 Å². The number of carbonyl (C=O) groups is 1. The van der Waals surface area contributed by atoms with Crippen molar-refractivity contribution in [2.75, 3.05) is 12.3 Å². The zero-order valence-electron chi connectivity index (χ0n) is 11.9. The van der Waals surface area contributed by atoms with Crippen LogP contribution in [-0.4, -0.2) is 17.4 Å². The highest BCUT2D eigenvalue weighted by Gasteiger charge is 2.19. The highest BCUT2D eigenvalue weighted by Crippen LogP contribution is 2.19. The van der Waals surface area contributed by atoms with E-state index < -0.39 is 5.82 Å². The van der Waals surface area contributed by atoms with Gasteiger partial charge in [0.2, 0.25) is 0 Å². The number of aromatic nitrogens is 1. The second-order valence-corrected chi connectivity index (χ2v) is 5.45. The summed E-state index contributed by atoms with van der Waals surface area (Å²) in [5.41, 5.74) is 5.67. The minimum absolute atomic E-state index is 0.0459. The lowest BCUT2D eigenvalue weighted by atomic mass is 9.85. The molecule has 1 amide bonds. The topological polar surface area (TPSA) is 68.0 Å². The maximum Gasteiger partial charge on any atom is 0.255 e. The Morgan fingerprint density at radius 1 is 1.37 bits per heavy atom. The van der Waals surface area contributed by atoms with Gasteiger partial charge in [-0.05, 0) is 23.8 Å². The first-order chi connectivity index (χ1) is 8.82. The molecule has 0 fully saturated rings. The summed E-state index contributed by atoms with van der Waals surface area (Å²) >= 11 is 0. The van der Waals surface area contributed by atoms with Gasteiger partial charge in [-0.2, -0.15) is 0 Å². The van der Waals surface area contributed by atoms with Gasteiger partial charge in [0.05, 0.1) is 11.8 Å². The molecule has 0 aliphatic carbocycles. The molecular formula is C14H22FN3O. The van der Waals surface area contributed by atoms with Crippen LogP contribution in [0.15, 0.2) is 12.3 Å². The molecule has 0 atom stereocenters. The molecule has 0 aliphatic rings. The van der Waals surface area contributed by atoms with Crippen molar-refractivity contribution in [2.45, 2.75) is 27.7 Å². The van der Waals surface area contributed by atoms with Gasteiger partial charge < -0.3 is 11.1 Å². The number of anilines is 1. The monoisotopic (exact) mass is 267 g/mol. The van der Waals surface area contributed by atoms with E-state index in [0.717, 1.165) is 12.3 Å². The molecule has 1 aromatic heterocycles. The molecule has 1 rings (SSSR count). The van der Waals surface area contributed by atoms with Crippen LogP contribution in [-0.2, 0) is 0 Å². The van der Waals surface area contributed by atoms with Crippen LogP contribution < -0.4 is 11.1 Å². The summed E-state index contributed by atoms with van der Waals surface area (Å²) in [5, 5.41) is 2.80. The minimum atomic E-state index is -0.566. The molecule has 0 saturated carbocycles. The fourth-order valence-corrected chi connectivity index (χ4v) is 2.18. The zero-order valence-corrected chi connectivity index (χ0v) is 11.9. The maximum atomic E-state index is 13.1. The second-order valence-electron chi connectivity index (χ2n) is 5.45. The van der Waals surface area contributed by atoms with Gasteiger partial charge in [0.1, 0.15) is 11.6 Å². The second kappa shape index (κ2) is 6.50. The number of hydrogen-bond acceptors (Lipinski definition) is 3. The lowest BCUT2D eigenvalue weighted by Gasteiger charge is -2.25. The van der Waals surface area contributed by atoms with Crippen molar-refractivity contribution in [3.8, 4) is 0 Å². The van der Waals surface area contributed by atoms with Gasteiger partial charge in [0.15, 0.2) is 0 Å². The quantitative estimate of drug-likeness (QED) is 0.861. The lowest BCUT2D eigenvalue weighted by Crippen LogP contribution is -2.34. The molecule has 1 heterocycles. The molecule has 4 nitrogen and oxygen atoms in total. The van der Waals surface area contributed by atoms with E-state index in [1.807, 2.05) is 0 Å². The summed E-state index contributed by atoms with van der Waals surface area (Å²) in [5.74, 6) is 0.391. The third-order valence-corrected chi connectivity index (χ3v) is 3.34. The van der Waals surface area contributed by atoms with Gasteiger partial charge in [-0.1, -0.05) is 27.7 Å². The Morgan fingerprint density at radius 3 is 2.47 bits per heavy atom. The fraction of sp³-hybridized carbons (Fsp3) is 0.571. The number of nitrogens with two attached hydrogens (primary N) is 1. The summed E-state index contributed by atoms with van der Waals surface area (Å²) < 4.78 is 13.1. The molecule has 0 saturated heterocycles. The maximum absolute atomic E-state index is 13.1. The number of pyridine rings is 1. The van der Waals surface area contributed by atoms with E-state index >= 15 is 0 Å². The molecule has 3 N–H and O–H groups in total. The highest BCUT2D eigenvalue weighted by molar-refractivity contribution is 5.98. The number of rotatable bonds is 5. The first kappa shape index (κ1) is 15.4. The van der Waals surface area contributed by atoms with Gasteiger partial charge in [-0.25, -0.2) is 9.37 Å². The minimum Gasteiger partial charge on any atom is -0.383 e. The Morgan fingerprint density at radius 2 is 1.95 bits per heavy atom. The Bertz CT molecular complexity index is 438. The molecule has 106 valence electrons. The number of halogens is 1. The van der Waals surface area contributed by atoms with E-state index in [2.05, 4.69) is 38.0 Å². The van der Waals surface area contributed by atoms with Gasteiger partial charge in [-0.3, -0.25) is 4.79 Å². The van der Waals surface area contributed by atoms with Crippen molar-refractivity contribution in [3.05, 3.63) is 23.6 Å². The molecule has 19 heavy (non-hydrogen) atoms. The predicted octanol–water partition coefficient (Wildman–Crippen LogP) is 2.46. The number of carbonyl (C=O) groups excluding carboxylic acids is 1. The first-order valence-corrected chi connectivity index (χ1v) is 6.52. The van der Waals surface area contributed by atoms with Gasteiger partial charge in [-0.15, -0.1) is 0 Å². The summed E-state index contributed by atoms with van der Waals surface area (Å²) in [4.78, 5) is 15.6. The van der Waals surface area contributed by atoms with Crippen LogP contribution in [0, 0.1) is 23.6 Å². The average Bonchev–Trinajstić information content (AvgIpc) is 2.31. The summed E-state index contributed by atoms with van der Waals surface area (Å²) in [7, 11) is 0. The van der Waals surface area contributed by atoms with Crippen LogP contribution in [0.1, 0.15) is 38.1 Å². The molecule has 0 aliphatic heterocycles. The Hall–Kier alpha value is -1.65. The van der Waals surface area contributed by atoms with Crippen LogP contribution in [0.4, 0.5) is 10.2 Å². The third-order valence-electron chi connectivity index (χ3n) is 3.34. The van der Waals surface area contributed by atoms with Gasteiger partial charge >= 0.3 is 0 Å². The van der Waals surface area contributed by atoms with Crippen molar-refractivity contribution in [3.63, 3.8) is 0 Å². The number of nitrogen functional groups attached to an aromatic ring is 1. The molecular weight excluding hydrogens is 245 g/mol. The van der Waals surface area contributed by atoms with E-state index in [9.17, 15) is 9.18 Å². The zero-order chi connectivity index (χ0) is 14.6. The molecule has 0 bridgehead atoms. The molecule has 1 aromatic rings. The summed E-state index contributed by atoms with van der Waals surface area (Å²) in [6.45, 7) is 9.03. The summed E-state index contributed by atoms with van der Waals surface area (Å²) in [6.07, 6.45) is 0.997. The SMILES string of the molecule is CC(C)C(CNC(=O)c1cc(F)cnc1N)C(C)C. The summed E-state index contributed by atoms with van der Waals surface area (Å²) in [6, 6.07) is 1.11. The number of nitrogens with zero attached hydrogens (tertiary/aromatic N) is 1. The smallest absolute Gasteiger partial charge is 0.255 e. The normalized spacial score (nSPS) is 11.4. The van der Waals surface area contributed by atoms with Gasteiger partial charge in [0, 0.05) is 6.54 Å². The van der Waals surface area contributed by atoms with E-state index in [1.165, 1.54) is 0 Å². The van der Waals surface area contributed by atoms with E-state index in [1.54, 1.807) is 0 Å². The van der Waals surface area contributed by atoms with Crippen LogP contribution in [0.2, 0.25) is 0 Å². The van der Waals surface area contributed by atoms with Crippen LogP contribution in [0.3, 0.4) is 0 Å². The van der Waals surface area contributed by atoms with Crippen molar-refractivity contribution >= 4 is 11.7 Å². The molecule has 0 spiro atoms. The Kier molecular flexibility index (Phi) is 5.27. The van der Waals surface area contributed by atoms with E-state index in [0.29, 0.717) is 24.3 Å². The lowest BCUT2D eigenvalue weighted by molar-refractivity contribution is 0.0937. The van der Waals surface area contributed by atoms with Crippen molar-refractivity contribution in [1.82, 2.24) is 10.3 Å². The Labute approximate surface area is 113 Å². The Balaban J connectivity index is 2.72. The molecule has 0 unspecified atom stereocenters. The number of nitrogens with one attached hydrogen (secondary N) is 1. The molecule has 0 aromatic carbocycles. The van der Waals surface area contributed by atoms with Crippen LogP contribution in [0.25, 0.3) is 0 Å². The number of amides is 1. The van der Waals surface area contributed by atoms with Crippen molar-refractivity contribution in [2.24, 2.45) is 17.8 Å². The van der Waals surface area contributed by atoms with Crippen molar-refractivity contribution in [1.29, 1.82) is 0 Å². The first-order valence-electron chi connectivity index (χ1n) is 6.52. The highest BCUT2D eigenvalue weighted by atomic mass is 19.1. The van der Waals surface area contributed by atoms with E-state index in [-0.39, 0.29) is 17.3 Å². The van der Waals surface area contributed by atoms with E-state index in [4.69, 9.17) is 5.73 Å². The standard InChI is InChI=1S/C14H22FN3O/c1-8(2)12(9(3)4)7-18-14(19)11-5-10(15)6-17-13(11)16/h5-6,8-9,12H,7H2,1-4H3,(H2,16,17)(H,18,19). The molecule has 5 heteroatoms. The fourth-order valence-electron chi connectivity index (χ4n) is 2.18.